The molecule has 0 atom stereocenters. The van der Waals surface area contributed by atoms with Gasteiger partial charge in [0.1, 0.15) is 0 Å². The molecule has 2 amide bonds. The molecular weight excluding hydrogens is 352 g/mol. The number of carbonyl (C=O) groups is 2. The zero-order valence-electron chi connectivity index (χ0n) is 16.4. The summed E-state index contributed by atoms with van der Waals surface area (Å²) in [5.41, 5.74) is 4.13. The number of hydrogen-bond donors (Lipinski definition) is 1. The Bertz CT molecular complexity index is 886. The lowest BCUT2D eigenvalue weighted by Gasteiger charge is -2.28. The van der Waals surface area contributed by atoms with Crippen LogP contribution in [0.4, 0.5) is 5.69 Å². The van der Waals surface area contributed by atoms with Crippen molar-refractivity contribution in [2.24, 2.45) is 0 Å². The average Bonchev–Trinajstić information content (AvgIpc) is 2.97. The number of carbonyl (C=O) groups excluding carboxylic acids is 2. The number of benzene rings is 2. The Balaban J connectivity index is 1.51. The fraction of sp³-hybridized carbons (Fsp3) is 0.364. The van der Waals surface area contributed by atoms with Gasteiger partial charge in [0.05, 0.1) is 11.1 Å². The largest absolute Gasteiger partial charge is 0.378 e. The molecule has 0 spiro atoms. The number of nitrogens with zero attached hydrogens (tertiary/aromatic N) is 3. The molecular formula is C22H26N4O2. The van der Waals surface area contributed by atoms with Crippen molar-refractivity contribution < 1.29 is 9.59 Å². The van der Waals surface area contributed by atoms with Crippen molar-refractivity contribution in [3.05, 3.63) is 53.6 Å². The van der Waals surface area contributed by atoms with E-state index in [0.717, 1.165) is 49.5 Å². The highest BCUT2D eigenvalue weighted by molar-refractivity contribution is 6.21. The number of nitrogens with one attached hydrogen (secondary N) is 1. The van der Waals surface area contributed by atoms with Crippen molar-refractivity contribution in [3.63, 3.8) is 0 Å². The first-order valence-electron chi connectivity index (χ1n) is 9.75. The van der Waals surface area contributed by atoms with Gasteiger partial charge in [-0.25, -0.2) is 0 Å². The second-order valence-corrected chi connectivity index (χ2v) is 7.56. The Kier molecular flexibility index (Phi) is 5.15. The summed E-state index contributed by atoms with van der Waals surface area (Å²) in [6.45, 7) is 4.99. The fourth-order valence-electron chi connectivity index (χ4n) is 3.80. The highest BCUT2D eigenvalue weighted by atomic mass is 16.2. The zero-order chi connectivity index (χ0) is 19.7. The van der Waals surface area contributed by atoms with Crippen LogP contribution in [0.5, 0.6) is 0 Å². The molecule has 6 heteroatoms. The molecule has 2 heterocycles. The second-order valence-electron chi connectivity index (χ2n) is 7.56. The van der Waals surface area contributed by atoms with E-state index in [9.17, 15) is 9.59 Å². The van der Waals surface area contributed by atoms with Crippen LogP contribution in [-0.4, -0.2) is 75.0 Å². The van der Waals surface area contributed by atoms with Crippen LogP contribution in [0, 0.1) is 0 Å². The average molecular weight is 378 g/mol. The van der Waals surface area contributed by atoms with E-state index in [1.165, 1.54) is 4.90 Å². The molecule has 1 saturated heterocycles. The normalized spacial score (nSPS) is 17.1. The summed E-state index contributed by atoms with van der Waals surface area (Å²) in [6, 6.07) is 13.8. The van der Waals surface area contributed by atoms with Gasteiger partial charge in [-0.15, -0.1) is 0 Å². The zero-order valence-corrected chi connectivity index (χ0v) is 16.4. The van der Waals surface area contributed by atoms with Crippen LogP contribution < -0.4 is 10.2 Å². The van der Waals surface area contributed by atoms with E-state index in [1.54, 1.807) is 6.07 Å². The molecule has 6 nitrogen and oxygen atoms in total. The lowest BCUT2D eigenvalue weighted by molar-refractivity contribution is 0.0633. The number of imide groups is 1. The highest BCUT2D eigenvalue weighted by Gasteiger charge is 2.35. The first-order valence-corrected chi connectivity index (χ1v) is 9.75. The van der Waals surface area contributed by atoms with Gasteiger partial charge < -0.3 is 10.2 Å². The van der Waals surface area contributed by atoms with Gasteiger partial charge in [0, 0.05) is 59.1 Å². The predicted octanol–water partition coefficient (Wildman–Crippen LogP) is 1.92. The van der Waals surface area contributed by atoms with Crippen molar-refractivity contribution in [2.75, 3.05) is 58.3 Å². The molecule has 2 aliphatic rings. The number of fused-ring (bicyclic) bond motifs is 1. The van der Waals surface area contributed by atoms with Crippen molar-refractivity contribution in [3.8, 4) is 11.1 Å². The lowest BCUT2D eigenvalue weighted by Crippen LogP contribution is -2.47. The maximum absolute atomic E-state index is 12.9. The van der Waals surface area contributed by atoms with Gasteiger partial charge in [-0.05, 0) is 35.4 Å². The van der Waals surface area contributed by atoms with Crippen molar-refractivity contribution >= 4 is 17.5 Å². The van der Waals surface area contributed by atoms with Crippen LogP contribution in [0.1, 0.15) is 20.7 Å². The third-order valence-corrected chi connectivity index (χ3v) is 5.54. The fourth-order valence-corrected chi connectivity index (χ4v) is 3.80. The molecule has 4 rings (SSSR count). The quantitative estimate of drug-likeness (QED) is 0.806. The number of piperazine rings is 1. The Hall–Kier alpha value is -2.70. The van der Waals surface area contributed by atoms with Crippen LogP contribution in [0.15, 0.2) is 42.5 Å². The Labute approximate surface area is 165 Å². The van der Waals surface area contributed by atoms with E-state index in [4.69, 9.17) is 0 Å². The van der Waals surface area contributed by atoms with E-state index >= 15 is 0 Å². The van der Waals surface area contributed by atoms with Gasteiger partial charge >= 0.3 is 0 Å². The van der Waals surface area contributed by atoms with Crippen molar-refractivity contribution in [2.45, 2.75) is 0 Å². The van der Waals surface area contributed by atoms with Gasteiger partial charge in [0.2, 0.25) is 0 Å². The van der Waals surface area contributed by atoms with E-state index in [-0.39, 0.29) is 11.8 Å². The molecule has 0 aromatic heterocycles. The summed E-state index contributed by atoms with van der Waals surface area (Å²) < 4.78 is 0. The molecule has 1 fully saturated rings. The number of amides is 2. The number of hydrogen-bond acceptors (Lipinski definition) is 5. The van der Waals surface area contributed by atoms with E-state index in [2.05, 4.69) is 22.3 Å². The molecule has 28 heavy (non-hydrogen) atoms. The molecule has 0 radical (unpaired) electrons. The first-order chi connectivity index (χ1) is 13.5. The lowest BCUT2D eigenvalue weighted by atomic mass is 10.00. The Morgan fingerprint density at radius 1 is 0.857 bits per heavy atom. The van der Waals surface area contributed by atoms with E-state index < -0.39 is 0 Å². The Morgan fingerprint density at radius 2 is 1.50 bits per heavy atom. The van der Waals surface area contributed by atoms with E-state index in [1.807, 2.05) is 43.3 Å². The SMILES string of the molecule is CN(C)c1ccc(-c2ccc3c(c2)C(=O)N(CCN2CCNCC2)C3=O)cc1. The summed E-state index contributed by atoms with van der Waals surface area (Å²) in [5, 5.41) is 3.31. The van der Waals surface area contributed by atoms with Gasteiger partial charge in [-0.2, -0.15) is 0 Å². The van der Waals surface area contributed by atoms with Crippen LogP contribution in [0.3, 0.4) is 0 Å². The predicted molar refractivity (Wildman–Crippen MR) is 111 cm³/mol. The third-order valence-electron chi connectivity index (χ3n) is 5.54. The third kappa shape index (κ3) is 3.53. The summed E-state index contributed by atoms with van der Waals surface area (Å²) in [6.07, 6.45) is 0. The maximum atomic E-state index is 12.9. The molecule has 2 aliphatic heterocycles. The Morgan fingerprint density at radius 3 is 2.18 bits per heavy atom. The molecule has 2 aromatic carbocycles. The van der Waals surface area contributed by atoms with Crippen molar-refractivity contribution in [1.29, 1.82) is 0 Å². The molecule has 2 aromatic rings. The number of rotatable bonds is 5. The summed E-state index contributed by atoms with van der Waals surface area (Å²) in [7, 11) is 4.01. The number of anilines is 1. The molecule has 146 valence electrons. The molecule has 0 aliphatic carbocycles. The standard InChI is InChI=1S/C22H26N4O2/c1-24(2)18-6-3-16(4-7-18)17-5-8-19-20(15-17)22(28)26(21(19)27)14-13-25-11-9-23-10-12-25/h3-8,15,23H,9-14H2,1-2H3. The van der Waals surface area contributed by atoms with Gasteiger partial charge in [-0.3, -0.25) is 19.4 Å². The molecule has 0 unspecified atom stereocenters. The topological polar surface area (TPSA) is 55.9 Å². The molecule has 0 saturated carbocycles. The highest BCUT2D eigenvalue weighted by Crippen LogP contribution is 2.29. The van der Waals surface area contributed by atoms with Crippen molar-refractivity contribution in [1.82, 2.24) is 15.1 Å². The monoisotopic (exact) mass is 378 g/mol. The molecule has 1 N–H and O–H groups in total. The smallest absolute Gasteiger partial charge is 0.261 e. The second kappa shape index (κ2) is 7.73. The minimum atomic E-state index is -0.179. The van der Waals surface area contributed by atoms with Crippen LogP contribution >= 0.6 is 0 Å². The summed E-state index contributed by atoms with van der Waals surface area (Å²) in [5.74, 6) is -0.355. The first kappa shape index (κ1) is 18.7. The van der Waals surface area contributed by atoms with Gasteiger partial charge in [-0.1, -0.05) is 18.2 Å². The summed E-state index contributed by atoms with van der Waals surface area (Å²) in [4.78, 5) is 31.3. The van der Waals surface area contributed by atoms with Crippen LogP contribution in [0.2, 0.25) is 0 Å². The summed E-state index contributed by atoms with van der Waals surface area (Å²) >= 11 is 0. The maximum Gasteiger partial charge on any atom is 0.261 e. The van der Waals surface area contributed by atoms with E-state index in [0.29, 0.717) is 17.7 Å². The molecule has 0 bridgehead atoms. The van der Waals surface area contributed by atoms with Gasteiger partial charge in [0.15, 0.2) is 0 Å². The minimum absolute atomic E-state index is 0.176. The van der Waals surface area contributed by atoms with Crippen LogP contribution in [-0.2, 0) is 0 Å². The van der Waals surface area contributed by atoms with Crippen LogP contribution in [0.25, 0.3) is 11.1 Å². The van der Waals surface area contributed by atoms with Gasteiger partial charge in [0.25, 0.3) is 11.8 Å². The minimum Gasteiger partial charge on any atom is -0.378 e.